The van der Waals surface area contributed by atoms with Crippen molar-refractivity contribution in [3.05, 3.63) is 49.2 Å². The van der Waals surface area contributed by atoms with Gasteiger partial charge in [-0.2, -0.15) is 0 Å². The van der Waals surface area contributed by atoms with E-state index in [4.69, 9.17) is 21.9 Å². The predicted octanol–water partition coefficient (Wildman–Crippen LogP) is 2.33. The zero-order valence-corrected chi connectivity index (χ0v) is 16.9. The highest BCUT2D eigenvalue weighted by atomic mass is 32.1. The molecule has 0 saturated carbocycles. The van der Waals surface area contributed by atoms with Crippen LogP contribution in [0.3, 0.4) is 0 Å². The van der Waals surface area contributed by atoms with E-state index in [2.05, 4.69) is 23.6 Å². The maximum Gasteiger partial charge on any atom is 0.326 e. The predicted molar refractivity (Wildman–Crippen MR) is 111 cm³/mol. The highest BCUT2D eigenvalue weighted by molar-refractivity contribution is 7.73. The summed E-state index contributed by atoms with van der Waals surface area (Å²) in [5.41, 5.74) is 0.991. The van der Waals surface area contributed by atoms with Crippen molar-refractivity contribution in [1.29, 1.82) is 0 Å². The zero-order valence-electron chi connectivity index (χ0n) is 15.2. The van der Waals surface area contributed by atoms with Gasteiger partial charge in [-0.05, 0) is 41.8 Å². The van der Waals surface area contributed by atoms with Gasteiger partial charge in [0.2, 0.25) is 5.88 Å². The zero-order chi connectivity index (χ0) is 18.8. The summed E-state index contributed by atoms with van der Waals surface area (Å²) < 4.78 is 10.2. The molecule has 2 aromatic rings. The molecule has 0 radical (unpaired) electrons. The smallest absolute Gasteiger partial charge is 0.326 e. The molecule has 2 aliphatic heterocycles. The number of aromatic nitrogens is 1. The number of rotatable bonds is 3. The Morgan fingerprint density at radius 3 is 2.89 bits per heavy atom. The maximum atomic E-state index is 10.6. The second kappa shape index (κ2) is 7.88. The van der Waals surface area contributed by atoms with Crippen molar-refractivity contribution < 1.29 is 14.4 Å². The molecule has 140 valence electrons. The molecule has 1 N–H and O–H groups in total. The fourth-order valence-electron chi connectivity index (χ4n) is 3.33. The van der Waals surface area contributed by atoms with Gasteiger partial charge in [0.25, 0.3) is 0 Å². The average molecular weight is 401 g/mol. The monoisotopic (exact) mass is 400 g/mol. The summed E-state index contributed by atoms with van der Waals surface area (Å²) >= 11 is 6.87. The quantitative estimate of drug-likeness (QED) is 0.636. The Morgan fingerprint density at radius 1 is 1.33 bits per heavy atom. The first-order valence-electron chi connectivity index (χ1n) is 9.17. The Bertz CT molecular complexity index is 1100. The first-order valence-corrected chi connectivity index (χ1v) is 10.4. The van der Waals surface area contributed by atoms with Gasteiger partial charge in [-0.3, -0.25) is 9.14 Å². The van der Waals surface area contributed by atoms with Gasteiger partial charge in [-0.1, -0.05) is 25.1 Å². The van der Waals surface area contributed by atoms with E-state index in [0.717, 1.165) is 52.9 Å². The third-order valence-electron chi connectivity index (χ3n) is 4.67. The number of amidine groups is 1. The number of thiazole rings is 1. The summed E-state index contributed by atoms with van der Waals surface area (Å²) in [6.07, 6.45) is 5.07. The number of para-hydroxylation sites is 1. The summed E-state index contributed by atoms with van der Waals surface area (Å²) in [4.78, 5) is 5.70. The van der Waals surface area contributed by atoms with Gasteiger partial charge in [0.1, 0.15) is 13.1 Å². The summed E-state index contributed by atoms with van der Waals surface area (Å²) in [5, 5.41) is 12.7. The van der Waals surface area contributed by atoms with Crippen molar-refractivity contribution in [3.8, 4) is 5.88 Å². The summed E-state index contributed by atoms with van der Waals surface area (Å²) in [5.74, 6) is 1.17. The molecule has 1 aromatic carbocycles. The van der Waals surface area contributed by atoms with Crippen LogP contribution in [0, 0.1) is 3.95 Å². The number of aromatic hydroxyl groups is 1. The Balaban J connectivity index is 1.89. The molecule has 27 heavy (non-hydrogen) atoms. The van der Waals surface area contributed by atoms with Crippen LogP contribution >= 0.6 is 23.6 Å². The van der Waals surface area contributed by atoms with Gasteiger partial charge >= 0.3 is 5.84 Å². The molecule has 0 bridgehead atoms. The lowest BCUT2D eigenvalue weighted by Gasteiger charge is -2.16. The number of fused-ring (bicyclic) bond motifs is 1. The molecule has 0 amide bonds. The summed E-state index contributed by atoms with van der Waals surface area (Å²) in [6, 6.07) is 8.11. The number of nitrogens with zero attached hydrogens (tertiary/aromatic N) is 3. The van der Waals surface area contributed by atoms with Crippen LogP contribution in [0.15, 0.2) is 34.8 Å². The van der Waals surface area contributed by atoms with Crippen LogP contribution in [0.2, 0.25) is 0 Å². The van der Waals surface area contributed by atoms with E-state index >= 15 is 0 Å². The van der Waals surface area contributed by atoms with E-state index in [0.29, 0.717) is 17.2 Å². The number of hydrogen-bond acceptors (Lipinski definition) is 4. The van der Waals surface area contributed by atoms with Crippen molar-refractivity contribution in [2.45, 2.75) is 19.9 Å². The van der Waals surface area contributed by atoms with E-state index in [1.807, 2.05) is 24.3 Å². The van der Waals surface area contributed by atoms with Crippen LogP contribution in [0.25, 0.3) is 12.2 Å². The van der Waals surface area contributed by atoms with Crippen LogP contribution in [-0.2, 0) is 11.3 Å². The third-order valence-corrected chi connectivity index (χ3v) is 6.06. The molecular weight excluding hydrogens is 378 g/mol. The van der Waals surface area contributed by atoms with E-state index in [1.54, 1.807) is 4.57 Å². The van der Waals surface area contributed by atoms with E-state index in [-0.39, 0.29) is 5.88 Å². The fourth-order valence-corrected chi connectivity index (χ4v) is 4.64. The number of ether oxygens (including phenoxy) is 1. The van der Waals surface area contributed by atoms with E-state index in [1.165, 1.54) is 11.3 Å². The van der Waals surface area contributed by atoms with Crippen molar-refractivity contribution in [3.63, 3.8) is 0 Å². The van der Waals surface area contributed by atoms with Gasteiger partial charge in [-0.15, -0.1) is 11.3 Å². The molecule has 1 fully saturated rings. The minimum absolute atomic E-state index is 0.243. The van der Waals surface area contributed by atoms with Crippen molar-refractivity contribution in [2.75, 3.05) is 26.3 Å². The minimum atomic E-state index is 0.243. The Morgan fingerprint density at radius 2 is 2.11 bits per heavy atom. The third kappa shape index (κ3) is 3.67. The molecule has 0 spiro atoms. The number of morpholine rings is 1. The Hall–Kier alpha value is -2.09. The fraction of sp³-hybridized carbons (Fsp3) is 0.350. The van der Waals surface area contributed by atoms with Gasteiger partial charge in [0.15, 0.2) is 9.31 Å². The van der Waals surface area contributed by atoms with Gasteiger partial charge in [0, 0.05) is 11.8 Å². The van der Waals surface area contributed by atoms with Crippen LogP contribution in [-0.4, -0.2) is 46.4 Å². The molecule has 5 nitrogen and oxygen atoms in total. The van der Waals surface area contributed by atoms with Crippen LogP contribution in [0.5, 0.6) is 5.88 Å². The molecule has 0 unspecified atom stereocenters. The maximum absolute atomic E-state index is 10.6. The first-order chi connectivity index (χ1) is 13.2. The van der Waals surface area contributed by atoms with Gasteiger partial charge in [-0.25, -0.2) is 0 Å². The van der Waals surface area contributed by atoms with E-state index < -0.39 is 0 Å². The Labute approximate surface area is 166 Å². The van der Waals surface area contributed by atoms with Crippen LogP contribution in [0.4, 0.5) is 0 Å². The van der Waals surface area contributed by atoms with Crippen molar-refractivity contribution in [2.24, 2.45) is 4.99 Å². The molecule has 0 atom stereocenters. The highest BCUT2D eigenvalue weighted by Gasteiger charge is 2.24. The SMILES string of the molecule is CCCn1c(O)c(/C=C2\C=c3ccccc3=NC2=[N+]2CCOCC2)sc1=S. The lowest BCUT2D eigenvalue weighted by Crippen LogP contribution is -2.38. The average Bonchev–Trinajstić information content (AvgIpc) is 2.96. The molecule has 1 aromatic heterocycles. The summed E-state index contributed by atoms with van der Waals surface area (Å²) in [6.45, 7) is 5.82. The van der Waals surface area contributed by atoms with E-state index in [9.17, 15) is 5.11 Å². The number of benzene rings is 1. The molecule has 7 heteroatoms. The second-order valence-corrected chi connectivity index (χ2v) is 8.22. The van der Waals surface area contributed by atoms with Gasteiger partial charge in [0.05, 0.1) is 23.7 Å². The second-order valence-electron chi connectivity index (χ2n) is 6.55. The molecule has 3 heterocycles. The highest BCUT2D eigenvalue weighted by Crippen LogP contribution is 2.29. The molecule has 2 aliphatic rings. The standard InChI is InChI=1S/C20H21N3O2S2/c1-2-7-23-19(24)17(27-20(23)26)13-15-12-14-5-3-4-6-16(14)21-18(15)22-8-10-25-11-9-22/h3-6,12-13H,2,7-11H2,1H3/p+1. The Kier molecular flexibility index (Phi) is 5.33. The molecule has 0 aliphatic carbocycles. The first kappa shape index (κ1) is 18.3. The largest absolute Gasteiger partial charge is 0.493 e. The topological polar surface area (TPSA) is 49.8 Å². The van der Waals surface area contributed by atoms with Crippen LogP contribution < -0.4 is 10.6 Å². The molecular formula is C20H22N3O2S2+. The normalized spacial score (nSPS) is 18.2. The lowest BCUT2D eigenvalue weighted by atomic mass is 10.1. The van der Waals surface area contributed by atoms with Gasteiger partial charge < -0.3 is 9.84 Å². The minimum Gasteiger partial charge on any atom is -0.493 e. The molecule has 1 saturated heterocycles. The number of hydrogen-bond donors (Lipinski definition) is 1. The van der Waals surface area contributed by atoms with Crippen molar-refractivity contribution >= 4 is 41.5 Å². The molecule has 4 rings (SSSR count). The summed E-state index contributed by atoms with van der Waals surface area (Å²) in [7, 11) is 0. The lowest BCUT2D eigenvalue weighted by molar-refractivity contribution is -0.549. The van der Waals surface area contributed by atoms with Crippen molar-refractivity contribution in [1.82, 2.24) is 4.57 Å². The van der Waals surface area contributed by atoms with Crippen LogP contribution in [0.1, 0.15) is 18.2 Å².